The summed E-state index contributed by atoms with van der Waals surface area (Å²) in [5.74, 6) is 2.11. The molecule has 0 spiro atoms. The van der Waals surface area contributed by atoms with E-state index in [-0.39, 0.29) is 5.91 Å². The third-order valence-corrected chi connectivity index (χ3v) is 6.28. The molecule has 5 rings (SSSR count). The van der Waals surface area contributed by atoms with Gasteiger partial charge in [-0.3, -0.25) is 9.80 Å². The highest BCUT2D eigenvalue weighted by molar-refractivity contribution is 6.12. The molecule has 0 aromatic heterocycles. The maximum absolute atomic E-state index is 13.7. The summed E-state index contributed by atoms with van der Waals surface area (Å²) in [4.78, 5) is 13.7. The van der Waals surface area contributed by atoms with Crippen molar-refractivity contribution in [3.63, 3.8) is 0 Å². The maximum atomic E-state index is 13.7. The second-order valence-electron chi connectivity index (χ2n) is 8.65. The van der Waals surface area contributed by atoms with Crippen LogP contribution in [-0.2, 0) is 11.3 Å². The van der Waals surface area contributed by atoms with E-state index in [4.69, 9.17) is 14.2 Å². The third kappa shape index (κ3) is 3.15. The van der Waals surface area contributed by atoms with Crippen molar-refractivity contribution in [2.75, 3.05) is 36.7 Å². The molecule has 0 saturated heterocycles. The minimum absolute atomic E-state index is 0.0292. The van der Waals surface area contributed by atoms with Crippen LogP contribution in [0.15, 0.2) is 54.6 Å². The third-order valence-electron chi connectivity index (χ3n) is 6.28. The lowest BCUT2D eigenvalue weighted by Crippen LogP contribution is -2.57. The van der Waals surface area contributed by atoms with Crippen molar-refractivity contribution in [3.05, 3.63) is 60.2 Å². The van der Waals surface area contributed by atoms with E-state index >= 15 is 0 Å². The zero-order valence-electron chi connectivity index (χ0n) is 19.4. The molecule has 2 aliphatic rings. The highest BCUT2D eigenvalue weighted by Gasteiger charge is 2.47. The fourth-order valence-corrected chi connectivity index (χ4v) is 4.66. The topological polar surface area (TPSA) is 63.3 Å². The van der Waals surface area contributed by atoms with E-state index < -0.39 is 5.54 Å². The van der Waals surface area contributed by atoms with Crippen molar-refractivity contribution in [1.82, 2.24) is 0 Å². The van der Waals surface area contributed by atoms with Crippen LogP contribution in [-0.4, -0.2) is 32.8 Å². The monoisotopic (exact) mass is 445 g/mol. The van der Waals surface area contributed by atoms with Crippen molar-refractivity contribution < 1.29 is 19.0 Å². The first kappa shape index (κ1) is 21.0. The molecule has 2 aliphatic heterocycles. The van der Waals surface area contributed by atoms with Gasteiger partial charge >= 0.3 is 0 Å². The van der Waals surface area contributed by atoms with Crippen molar-refractivity contribution in [1.29, 1.82) is 0 Å². The lowest BCUT2D eigenvalue weighted by molar-refractivity contribution is -0.122. The van der Waals surface area contributed by atoms with Crippen LogP contribution < -0.4 is 29.5 Å². The highest BCUT2D eigenvalue weighted by Crippen LogP contribution is 2.51. The zero-order valence-corrected chi connectivity index (χ0v) is 19.4. The molecular weight excluding hydrogens is 418 g/mol. The first-order chi connectivity index (χ1) is 15.9. The highest BCUT2D eigenvalue weighted by atomic mass is 16.5. The van der Waals surface area contributed by atoms with Crippen LogP contribution in [0.1, 0.15) is 19.4 Å². The molecule has 170 valence electrons. The Hall–Kier alpha value is -3.87. The van der Waals surface area contributed by atoms with Gasteiger partial charge in [0.25, 0.3) is 5.91 Å². The summed E-state index contributed by atoms with van der Waals surface area (Å²) >= 11 is 0. The van der Waals surface area contributed by atoms with Crippen LogP contribution in [0.2, 0.25) is 0 Å². The summed E-state index contributed by atoms with van der Waals surface area (Å²) < 4.78 is 16.7. The summed E-state index contributed by atoms with van der Waals surface area (Å²) in [5.41, 5.74) is 4.84. The van der Waals surface area contributed by atoms with E-state index in [9.17, 15) is 4.79 Å². The number of nitrogens with one attached hydrogen (secondary N) is 1. The van der Waals surface area contributed by atoms with Crippen LogP contribution in [0.25, 0.3) is 11.1 Å². The Morgan fingerprint density at radius 1 is 0.879 bits per heavy atom. The van der Waals surface area contributed by atoms with Gasteiger partial charge in [-0.2, -0.15) is 0 Å². The molecule has 0 aliphatic carbocycles. The van der Waals surface area contributed by atoms with Gasteiger partial charge in [0.05, 0.1) is 39.2 Å². The van der Waals surface area contributed by atoms with Crippen LogP contribution >= 0.6 is 0 Å². The van der Waals surface area contributed by atoms with Gasteiger partial charge < -0.3 is 19.5 Å². The van der Waals surface area contributed by atoms with Crippen molar-refractivity contribution >= 4 is 23.0 Å². The van der Waals surface area contributed by atoms with Crippen molar-refractivity contribution in [2.24, 2.45) is 0 Å². The predicted octanol–water partition coefficient (Wildman–Crippen LogP) is 4.85. The average Bonchev–Trinajstić information content (AvgIpc) is 3.23. The lowest BCUT2D eigenvalue weighted by Gasteiger charge is -2.41. The summed E-state index contributed by atoms with van der Waals surface area (Å²) in [5, 5.41) is 7.21. The number of hydrazine groups is 1. The normalized spacial score (nSPS) is 15.7. The van der Waals surface area contributed by atoms with Gasteiger partial charge in [0.1, 0.15) is 28.5 Å². The molecule has 1 amide bonds. The molecule has 7 heteroatoms. The second kappa shape index (κ2) is 7.62. The van der Waals surface area contributed by atoms with Gasteiger partial charge in [-0.05, 0) is 49.7 Å². The molecule has 0 atom stereocenters. The number of carbonyl (C=O) groups is 1. The molecular formula is C26H27N3O4. The summed E-state index contributed by atoms with van der Waals surface area (Å²) in [6, 6.07) is 17.7. The minimum Gasteiger partial charge on any atom is -0.497 e. The number of rotatable bonds is 5. The molecule has 2 heterocycles. The molecule has 0 radical (unpaired) electrons. The van der Waals surface area contributed by atoms with E-state index in [0.29, 0.717) is 18.0 Å². The van der Waals surface area contributed by atoms with E-state index in [0.717, 1.165) is 39.5 Å². The van der Waals surface area contributed by atoms with Gasteiger partial charge in [-0.15, -0.1) is 0 Å². The van der Waals surface area contributed by atoms with Gasteiger partial charge in [-0.1, -0.05) is 18.2 Å². The summed E-state index contributed by atoms with van der Waals surface area (Å²) in [6.45, 7) is 4.31. The standard InChI is InChI=1S/C26H27N3O4/c1-26(2)25(30)29-24-19(15-28(29)21-8-6-7-9-22(21)32-4)17(12-13-20(24)27-26)18-11-10-16(31-3)14-23(18)33-5/h6-14,27H,15H2,1-5H3. The fourth-order valence-electron chi connectivity index (χ4n) is 4.66. The average molecular weight is 446 g/mol. The Balaban J connectivity index is 1.73. The number of benzene rings is 3. The minimum atomic E-state index is -0.756. The number of hydrogen-bond acceptors (Lipinski definition) is 6. The molecule has 1 N–H and O–H groups in total. The lowest BCUT2D eigenvalue weighted by atomic mass is 9.93. The quantitative estimate of drug-likeness (QED) is 0.606. The maximum Gasteiger partial charge on any atom is 0.270 e. The number of anilines is 3. The summed E-state index contributed by atoms with van der Waals surface area (Å²) in [6.07, 6.45) is 0. The second-order valence-corrected chi connectivity index (χ2v) is 8.65. The van der Waals surface area contributed by atoms with Crippen LogP contribution in [0.3, 0.4) is 0 Å². The molecule has 0 fully saturated rings. The number of para-hydroxylation sites is 2. The molecule has 3 aromatic rings. The Morgan fingerprint density at radius 3 is 2.33 bits per heavy atom. The van der Waals surface area contributed by atoms with Crippen molar-refractivity contribution in [2.45, 2.75) is 25.9 Å². The number of hydrogen-bond donors (Lipinski definition) is 1. The SMILES string of the molecule is COc1ccc(-c2ccc3c4c2CN(c2ccccc2OC)N4C(=O)C(C)(C)N3)c(OC)c1. The fraction of sp³-hybridized carbons (Fsp3) is 0.269. The number of methoxy groups -OCH3 is 3. The van der Waals surface area contributed by atoms with Crippen LogP contribution in [0.5, 0.6) is 17.2 Å². The van der Waals surface area contributed by atoms with Crippen LogP contribution in [0, 0.1) is 0 Å². The smallest absolute Gasteiger partial charge is 0.270 e. The van der Waals surface area contributed by atoms with E-state index in [2.05, 4.69) is 11.4 Å². The van der Waals surface area contributed by atoms with Crippen LogP contribution in [0.4, 0.5) is 17.1 Å². The Morgan fingerprint density at radius 2 is 1.61 bits per heavy atom. The van der Waals surface area contributed by atoms with E-state index in [1.54, 1.807) is 26.3 Å². The van der Waals surface area contributed by atoms with E-state index in [1.807, 2.05) is 67.4 Å². The molecule has 0 bridgehead atoms. The molecule has 0 unspecified atom stereocenters. The Kier molecular flexibility index (Phi) is 4.85. The largest absolute Gasteiger partial charge is 0.497 e. The van der Waals surface area contributed by atoms with Gasteiger partial charge in [0.2, 0.25) is 0 Å². The van der Waals surface area contributed by atoms with E-state index in [1.165, 1.54) is 0 Å². The molecule has 33 heavy (non-hydrogen) atoms. The molecule has 0 saturated carbocycles. The van der Waals surface area contributed by atoms with Crippen molar-refractivity contribution in [3.8, 4) is 28.4 Å². The summed E-state index contributed by atoms with van der Waals surface area (Å²) in [7, 11) is 4.93. The molecule has 3 aromatic carbocycles. The first-order valence-electron chi connectivity index (χ1n) is 10.8. The first-order valence-corrected chi connectivity index (χ1v) is 10.8. The Labute approximate surface area is 193 Å². The number of nitrogens with zero attached hydrogens (tertiary/aromatic N) is 2. The molecule has 7 nitrogen and oxygen atoms in total. The zero-order chi connectivity index (χ0) is 23.3. The number of amides is 1. The number of carbonyl (C=O) groups excluding carboxylic acids is 1. The van der Waals surface area contributed by atoms with Gasteiger partial charge in [0, 0.05) is 17.2 Å². The van der Waals surface area contributed by atoms with Gasteiger partial charge in [0.15, 0.2) is 0 Å². The number of ether oxygens (including phenoxy) is 3. The Bertz CT molecular complexity index is 1250. The van der Waals surface area contributed by atoms with Gasteiger partial charge in [-0.25, -0.2) is 5.01 Å². The predicted molar refractivity (Wildman–Crippen MR) is 129 cm³/mol.